The minimum absolute atomic E-state index is 0.283. The quantitative estimate of drug-likeness (QED) is 0.0592. The Bertz CT molecular complexity index is 2190. The number of fused-ring (bicyclic) bond motifs is 2. The average molecular weight is 859 g/mol. The van der Waals surface area contributed by atoms with Gasteiger partial charge >= 0.3 is 39.3 Å². The molecule has 0 aliphatic carbocycles. The van der Waals surface area contributed by atoms with Gasteiger partial charge < -0.3 is 0 Å². The molecule has 0 fully saturated rings. The van der Waals surface area contributed by atoms with E-state index in [-0.39, 0.29) is 22.5 Å². The van der Waals surface area contributed by atoms with Crippen LogP contribution in [-0.4, -0.2) is 32.1 Å². The van der Waals surface area contributed by atoms with Gasteiger partial charge in [-0.25, -0.2) is 0 Å². The molecular weight excluding hydrogens is 839 g/mol. The fourth-order valence-corrected chi connectivity index (χ4v) is 5.51. The molecule has 258 valence electrons. The second-order valence-electron chi connectivity index (χ2n) is 10.4. The van der Waals surface area contributed by atoms with Gasteiger partial charge in [0, 0.05) is 47.8 Å². The minimum atomic E-state index is -0.727. The van der Waals surface area contributed by atoms with Gasteiger partial charge in [0.05, 0.1) is 31.1 Å². The number of benzene rings is 6. The molecule has 17 heteroatoms. The monoisotopic (exact) mass is 856 g/mol. The number of halogens is 2. The van der Waals surface area contributed by atoms with E-state index in [1.807, 2.05) is 36.4 Å². The molecule has 0 heterocycles. The Morgan fingerprint density at radius 2 is 0.784 bits per heavy atom. The van der Waals surface area contributed by atoms with Crippen LogP contribution < -0.4 is 0 Å². The Labute approximate surface area is 307 Å². The predicted octanol–water partition coefficient (Wildman–Crippen LogP) is 10.5. The summed E-state index contributed by atoms with van der Waals surface area (Å²) < 4.78 is 0. The molecule has 0 radical (unpaired) electrons. The zero-order valence-electron chi connectivity index (χ0n) is 25.6. The molecule has 0 saturated heterocycles. The van der Waals surface area contributed by atoms with Crippen molar-refractivity contribution in [3.05, 3.63) is 161 Å². The van der Waals surface area contributed by atoms with Crippen LogP contribution >= 0.6 is 28.5 Å². The Kier molecular flexibility index (Phi) is 11.7. The van der Waals surface area contributed by atoms with Gasteiger partial charge in [0.15, 0.2) is 0 Å². The van der Waals surface area contributed by atoms with Crippen molar-refractivity contribution in [3.63, 3.8) is 0 Å². The third kappa shape index (κ3) is 7.85. The maximum absolute atomic E-state index is 11.8. The summed E-state index contributed by atoms with van der Waals surface area (Å²) in [6.07, 6.45) is 2.16. The Hall–Kier alpha value is -5.77. The van der Waals surface area contributed by atoms with Crippen molar-refractivity contribution < 1.29 is 30.6 Å². The third-order valence-electron chi connectivity index (χ3n) is 7.64. The molecule has 0 saturated carbocycles. The van der Waals surface area contributed by atoms with Crippen molar-refractivity contribution in [1.82, 2.24) is 0 Å². The maximum atomic E-state index is 11.8. The summed E-state index contributed by atoms with van der Waals surface area (Å²) in [5.74, 6) is 0. The van der Waals surface area contributed by atoms with E-state index in [4.69, 9.17) is 0 Å². The van der Waals surface area contributed by atoms with Gasteiger partial charge in [0.1, 0.15) is 11.1 Å². The molecule has 0 amide bonds. The first kappa shape index (κ1) is 36.5. The van der Waals surface area contributed by atoms with Crippen LogP contribution in [0.3, 0.4) is 0 Å². The van der Waals surface area contributed by atoms with Crippen LogP contribution in [0.5, 0.6) is 0 Å². The van der Waals surface area contributed by atoms with E-state index in [1.54, 1.807) is 36.4 Å². The number of rotatable bonds is 9. The van der Waals surface area contributed by atoms with E-state index in [0.717, 1.165) is 47.5 Å². The topological polar surface area (TPSA) is 197 Å². The van der Waals surface area contributed by atoms with Crippen LogP contribution in [0.4, 0.5) is 34.1 Å². The second-order valence-corrected chi connectivity index (χ2v) is 15.4. The van der Waals surface area contributed by atoms with Gasteiger partial charge in [-0.1, -0.05) is 60.7 Å². The first-order chi connectivity index (χ1) is 24.6. The molecule has 0 aliphatic rings. The fourth-order valence-electron chi connectivity index (χ4n) is 5.51. The van der Waals surface area contributed by atoms with Crippen molar-refractivity contribution in [1.29, 1.82) is 0 Å². The molecule has 0 atom stereocenters. The van der Waals surface area contributed by atoms with Crippen LogP contribution in [0.25, 0.3) is 32.7 Å². The van der Waals surface area contributed by atoms with Crippen molar-refractivity contribution in [2.24, 2.45) is 9.98 Å². The van der Waals surface area contributed by atoms with Gasteiger partial charge in [-0.05, 0) is 45.8 Å². The summed E-state index contributed by atoms with van der Waals surface area (Å²) in [7, 11) is 1.25. The summed E-state index contributed by atoms with van der Waals surface area (Å²) in [5, 5.41) is 50.2. The molecule has 14 nitrogen and oxygen atoms in total. The van der Waals surface area contributed by atoms with E-state index < -0.39 is 42.4 Å². The van der Waals surface area contributed by atoms with E-state index >= 15 is 0 Å². The summed E-state index contributed by atoms with van der Waals surface area (Å²) in [6.45, 7) is 0. The van der Waals surface area contributed by atoms with E-state index in [0.29, 0.717) is 21.9 Å². The standard InChI is InChI=1S/C34H20N6O8.2BrH.Ni/c41-37(42)29-11-5-12-30(38(43)44)25(29)19-35-27-17-15-21-7-1-3-9-23(21)33(27)34-24-10-4-2-8-22(24)16-18-28(34)36-20-26-31(39(45)46)13-6-14-32(26)40(47)48;;;/h1-20H;2*1H;/q;;;+2/p-2. The van der Waals surface area contributed by atoms with Gasteiger partial charge in [-0.2, -0.15) is 0 Å². The Morgan fingerprint density at radius 1 is 0.471 bits per heavy atom. The molecule has 51 heavy (non-hydrogen) atoms. The fraction of sp³-hybridized carbons (Fsp3) is 0. The number of nitro benzene ring substituents is 4. The first-order valence-corrected chi connectivity index (χ1v) is 19.2. The second kappa shape index (κ2) is 16.3. The van der Waals surface area contributed by atoms with E-state index in [1.165, 1.54) is 23.0 Å². The van der Waals surface area contributed by atoms with Gasteiger partial charge in [0.2, 0.25) is 0 Å². The SMILES string of the molecule is O=[N+]([O-])c1cccc([N+](=O)[O-])c1C=Nc1ccc2ccccc2c1-c1c(N=Cc2c([N+](=O)[O-])cccc2[N+](=O)[O-])ccc2ccccc12.[Br][Ni][Br]. The molecule has 6 aromatic carbocycles. The average Bonchev–Trinajstić information content (AvgIpc) is 3.12. The molecule has 0 bridgehead atoms. The molecule has 6 aromatic rings. The zero-order chi connectivity index (χ0) is 36.7. The van der Waals surface area contributed by atoms with E-state index in [2.05, 4.69) is 38.4 Å². The van der Waals surface area contributed by atoms with Crippen LogP contribution in [-0.2, 0) is 10.9 Å². The molecule has 0 aromatic heterocycles. The van der Waals surface area contributed by atoms with Crippen LogP contribution in [0.15, 0.2) is 119 Å². The van der Waals surface area contributed by atoms with Gasteiger partial charge in [0.25, 0.3) is 22.7 Å². The van der Waals surface area contributed by atoms with Crippen molar-refractivity contribution in [2.45, 2.75) is 0 Å². The summed E-state index contributed by atoms with van der Waals surface area (Å²) in [5.41, 5.74) is -1.03. The van der Waals surface area contributed by atoms with Crippen LogP contribution in [0.2, 0.25) is 0 Å². The van der Waals surface area contributed by atoms with Crippen molar-refractivity contribution >= 4 is 96.5 Å². The predicted molar refractivity (Wildman–Crippen MR) is 199 cm³/mol. The number of hydrogen-bond donors (Lipinski definition) is 0. The molecule has 0 spiro atoms. The summed E-state index contributed by atoms with van der Waals surface area (Å²) >= 11 is 6.00. The summed E-state index contributed by atoms with van der Waals surface area (Å²) in [4.78, 5) is 53.4. The van der Waals surface area contributed by atoms with Gasteiger partial charge in [-0.3, -0.25) is 50.4 Å². The molecule has 6 rings (SSSR count). The number of aliphatic imine (C=N–C) groups is 2. The molecular formula is C34H20Br2N6NiO8. The molecule has 0 aliphatic heterocycles. The van der Waals surface area contributed by atoms with Crippen molar-refractivity contribution in [2.75, 3.05) is 0 Å². The third-order valence-corrected chi connectivity index (χ3v) is 7.64. The Morgan fingerprint density at radius 3 is 1.10 bits per heavy atom. The zero-order valence-corrected chi connectivity index (χ0v) is 29.7. The van der Waals surface area contributed by atoms with E-state index in [9.17, 15) is 40.5 Å². The molecule has 0 N–H and O–H groups in total. The Balaban J connectivity index is 0.00000162. The summed E-state index contributed by atoms with van der Waals surface area (Å²) in [6, 6.07) is 28.6. The number of nitro groups is 4. The molecule has 0 unspecified atom stereocenters. The van der Waals surface area contributed by atoms with Crippen LogP contribution in [0, 0.1) is 40.5 Å². The van der Waals surface area contributed by atoms with Crippen molar-refractivity contribution in [3.8, 4) is 11.1 Å². The van der Waals surface area contributed by atoms with Gasteiger partial charge in [-0.15, -0.1) is 0 Å². The number of nitrogens with zero attached hydrogens (tertiary/aromatic N) is 6. The van der Waals surface area contributed by atoms with Crippen LogP contribution in [0.1, 0.15) is 11.1 Å². The first-order valence-electron chi connectivity index (χ1n) is 14.3. The normalized spacial score (nSPS) is 11.2. The number of hydrogen-bond acceptors (Lipinski definition) is 10.